The first-order valence-corrected chi connectivity index (χ1v) is 5.09. The van der Waals surface area contributed by atoms with E-state index in [-0.39, 0.29) is 16.5 Å². The predicted octanol–water partition coefficient (Wildman–Crippen LogP) is 0.385. The Morgan fingerprint density at radius 3 is 2.65 bits per heavy atom. The van der Waals surface area contributed by atoms with Crippen molar-refractivity contribution in [2.75, 3.05) is 20.0 Å². The van der Waals surface area contributed by atoms with E-state index in [1.807, 2.05) is 0 Å². The molecule has 0 amide bonds. The Bertz CT molecular complexity index is 456. The molecule has 1 aromatic heterocycles. The molecular formula is C8H9N3O5S. The van der Waals surface area contributed by atoms with Gasteiger partial charge in [0.2, 0.25) is 5.71 Å². The summed E-state index contributed by atoms with van der Waals surface area (Å²) in [6.45, 7) is 0. The van der Waals surface area contributed by atoms with Crippen LogP contribution >= 0.6 is 11.3 Å². The highest BCUT2D eigenvalue weighted by Gasteiger charge is 2.23. The summed E-state index contributed by atoms with van der Waals surface area (Å²) < 4.78 is 8.46. The van der Waals surface area contributed by atoms with Crippen molar-refractivity contribution < 1.29 is 23.9 Å². The van der Waals surface area contributed by atoms with E-state index in [1.165, 1.54) is 12.5 Å². The molecule has 2 N–H and O–H groups in total. The number of hydrogen-bond acceptors (Lipinski definition) is 9. The zero-order valence-corrected chi connectivity index (χ0v) is 9.82. The Labute approximate surface area is 100.0 Å². The molecule has 0 unspecified atom stereocenters. The van der Waals surface area contributed by atoms with E-state index in [0.717, 1.165) is 18.4 Å². The lowest BCUT2D eigenvalue weighted by Gasteiger charge is -2.01. The van der Waals surface area contributed by atoms with Gasteiger partial charge in [0.15, 0.2) is 5.13 Å². The number of rotatable bonds is 3. The lowest BCUT2D eigenvalue weighted by Crippen LogP contribution is -2.23. The topological polar surface area (TPSA) is 113 Å². The van der Waals surface area contributed by atoms with E-state index in [1.54, 1.807) is 0 Å². The average molecular weight is 259 g/mol. The third-order valence-corrected chi connectivity index (χ3v) is 2.16. The molecular weight excluding hydrogens is 250 g/mol. The first kappa shape index (κ1) is 12.9. The summed E-state index contributed by atoms with van der Waals surface area (Å²) in [5.41, 5.74) is 5.29. The van der Waals surface area contributed by atoms with Crippen molar-refractivity contribution in [2.45, 2.75) is 0 Å². The first-order chi connectivity index (χ1) is 8.08. The van der Waals surface area contributed by atoms with E-state index in [2.05, 4.69) is 24.5 Å². The Morgan fingerprint density at radius 1 is 1.47 bits per heavy atom. The molecule has 0 radical (unpaired) electrons. The number of thiazole rings is 1. The molecule has 0 aliphatic rings. The highest BCUT2D eigenvalue weighted by Crippen LogP contribution is 2.13. The SMILES string of the molecule is CON=C(C(=O)OC(=O)OC)c1csc(N)n1. The normalized spacial score (nSPS) is 10.8. The fraction of sp³-hybridized carbons (Fsp3) is 0.250. The van der Waals surface area contributed by atoms with Gasteiger partial charge in [0.05, 0.1) is 7.11 Å². The molecule has 0 atom stereocenters. The molecule has 0 saturated heterocycles. The molecule has 0 aliphatic carbocycles. The Kier molecular flexibility index (Phi) is 4.40. The number of carbonyl (C=O) groups excluding carboxylic acids is 2. The lowest BCUT2D eigenvalue weighted by atomic mass is 10.3. The number of hydrogen-bond donors (Lipinski definition) is 1. The molecule has 92 valence electrons. The lowest BCUT2D eigenvalue weighted by molar-refractivity contribution is -0.131. The molecule has 1 rings (SSSR count). The second kappa shape index (κ2) is 5.80. The van der Waals surface area contributed by atoms with Crippen LogP contribution < -0.4 is 5.73 Å². The third-order valence-electron chi connectivity index (χ3n) is 1.48. The van der Waals surface area contributed by atoms with Gasteiger partial charge in [-0.25, -0.2) is 14.6 Å². The Morgan fingerprint density at radius 2 is 2.18 bits per heavy atom. The van der Waals surface area contributed by atoms with Crippen molar-refractivity contribution in [3.8, 4) is 0 Å². The first-order valence-electron chi connectivity index (χ1n) is 4.21. The Hall–Kier alpha value is -2.16. The van der Waals surface area contributed by atoms with Gasteiger partial charge in [0, 0.05) is 5.38 Å². The van der Waals surface area contributed by atoms with Crippen molar-refractivity contribution in [3.63, 3.8) is 0 Å². The van der Waals surface area contributed by atoms with E-state index in [4.69, 9.17) is 5.73 Å². The molecule has 17 heavy (non-hydrogen) atoms. The van der Waals surface area contributed by atoms with Crippen molar-refractivity contribution >= 4 is 34.3 Å². The maximum absolute atomic E-state index is 11.5. The number of nitrogens with two attached hydrogens (primary N) is 1. The van der Waals surface area contributed by atoms with Crippen molar-refractivity contribution in [2.24, 2.45) is 5.16 Å². The van der Waals surface area contributed by atoms with Crippen LogP contribution in [0.1, 0.15) is 5.69 Å². The maximum atomic E-state index is 11.5. The zero-order valence-electron chi connectivity index (χ0n) is 9.00. The number of nitrogen functional groups attached to an aromatic ring is 1. The molecule has 0 bridgehead atoms. The summed E-state index contributed by atoms with van der Waals surface area (Å²) >= 11 is 1.11. The molecule has 9 heteroatoms. The van der Waals surface area contributed by atoms with Gasteiger partial charge < -0.3 is 20.0 Å². The second-order valence-electron chi connectivity index (χ2n) is 2.54. The minimum atomic E-state index is -1.15. The minimum absolute atomic E-state index is 0.156. The summed E-state index contributed by atoms with van der Waals surface area (Å²) in [5.74, 6) is -1.04. The largest absolute Gasteiger partial charge is 0.516 e. The number of ether oxygens (including phenoxy) is 2. The maximum Gasteiger partial charge on any atom is 0.516 e. The summed E-state index contributed by atoms with van der Waals surface area (Å²) in [7, 11) is 2.31. The highest BCUT2D eigenvalue weighted by atomic mass is 32.1. The molecule has 8 nitrogen and oxygen atoms in total. The fourth-order valence-electron chi connectivity index (χ4n) is 0.842. The molecule has 1 aromatic rings. The molecule has 0 aliphatic heterocycles. The van der Waals surface area contributed by atoms with Gasteiger partial charge in [-0.2, -0.15) is 0 Å². The highest BCUT2D eigenvalue weighted by molar-refractivity contribution is 7.13. The number of carbonyl (C=O) groups is 2. The monoisotopic (exact) mass is 259 g/mol. The van der Waals surface area contributed by atoms with Gasteiger partial charge in [0.1, 0.15) is 12.8 Å². The molecule has 0 saturated carbocycles. The number of esters is 1. The van der Waals surface area contributed by atoms with Crippen molar-refractivity contribution in [1.29, 1.82) is 0 Å². The minimum Gasteiger partial charge on any atom is -0.437 e. The van der Waals surface area contributed by atoms with Crippen molar-refractivity contribution in [3.05, 3.63) is 11.1 Å². The average Bonchev–Trinajstić information content (AvgIpc) is 2.72. The van der Waals surface area contributed by atoms with E-state index >= 15 is 0 Å². The van der Waals surface area contributed by atoms with Gasteiger partial charge in [-0.15, -0.1) is 11.3 Å². The number of anilines is 1. The Balaban J connectivity index is 2.91. The summed E-state index contributed by atoms with van der Waals surface area (Å²) in [5, 5.41) is 5.14. The number of aromatic nitrogens is 1. The molecule has 1 heterocycles. The van der Waals surface area contributed by atoms with Gasteiger partial charge in [0.25, 0.3) is 0 Å². The van der Waals surface area contributed by atoms with Crippen molar-refractivity contribution in [1.82, 2.24) is 4.98 Å². The van der Waals surface area contributed by atoms with E-state index in [0.29, 0.717) is 0 Å². The summed E-state index contributed by atoms with van der Waals surface area (Å²) in [6.07, 6.45) is -1.15. The fourth-order valence-corrected chi connectivity index (χ4v) is 1.39. The van der Waals surface area contributed by atoms with Crippen LogP contribution in [-0.2, 0) is 19.1 Å². The van der Waals surface area contributed by atoms with Crippen LogP contribution in [0.5, 0.6) is 0 Å². The van der Waals surface area contributed by atoms with Gasteiger partial charge >= 0.3 is 12.1 Å². The third kappa shape index (κ3) is 3.41. The van der Waals surface area contributed by atoms with Crippen LogP contribution in [0.2, 0.25) is 0 Å². The summed E-state index contributed by atoms with van der Waals surface area (Å²) in [4.78, 5) is 30.5. The number of oxime groups is 1. The van der Waals surface area contributed by atoms with Crippen LogP contribution in [0.3, 0.4) is 0 Å². The number of nitrogens with zero attached hydrogens (tertiary/aromatic N) is 2. The zero-order chi connectivity index (χ0) is 12.8. The van der Waals surface area contributed by atoms with Crippen LogP contribution in [0.25, 0.3) is 0 Å². The van der Waals surface area contributed by atoms with Gasteiger partial charge in [-0.1, -0.05) is 5.16 Å². The second-order valence-corrected chi connectivity index (χ2v) is 3.43. The van der Waals surface area contributed by atoms with E-state index < -0.39 is 12.1 Å². The van der Waals surface area contributed by atoms with Crippen LogP contribution in [0, 0.1) is 0 Å². The van der Waals surface area contributed by atoms with Crippen LogP contribution in [-0.4, -0.2) is 37.0 Å². The standard InChI is InChI=1S/C8H9N3O5S/c1-14-8(13)16-6(12)5(11-15-2)4-3-17-7(9)10-4/h3H,1-2H3,(H2,9,10). The van der Waals surface area contributed by atoms with Gasteiger partial charge in [-0.3, -0.25) is 0 Å². The smallest absolute Gasteiger partial charge is 0.437 e. The number of methoxy groups -OCH3 is 1. The molecule has 0 spiro atoms. The quantitative estimate of drug-likeness (QED) is 0.361. The van der Waals surface area contributed by atoms with Crippen LogP contribution in [0.15, 0.2) is 10.5 Å². The van der Waals surface area contributed by atoms with Gasteiger partial charge in [-0.05, 0) is 0 Å². The van der Waals surface area contributed by atoms with Crippen LogP contribution in [0.4, 0.5) is 9.93 Å². The van der Waals surface area contributed by atoms with E-state index in [9.17, 15) is 9.59 Å². The molecule has 0 fully saturated rings. The summed E-state index contributed by atoms with van der Waals surface area (Å²) in [6, 6.07) is 0. The molecule has 0 aromatic carbocycles. The predicted molar refractivity (Wildman–Crippen MR) is 58.6 cm³/mol.